The second kappa shape index (κ2) is 7.67. The number of hydrogen-bond acceptors (Lipinski definition) is 3. The molecule has 0 saturated carbocycles. The molecule has 23 heavy (non-hydrogen) atoms. The Hall–Kier alpha value is -1.77. The Balaban J connectivity index is 1.88. The molecule has 2 aromatic rings. The van der Waals surface area contributed by atoms with Gasteiger partial charge in [-0.25, -0.2) is 17.5 Å². The second-order valence-corrected chi connectivity index (χ2v) is 7.22. The van der Waals surface area contributed by atoms with Crippen molar-refractivity contribution in [3.8, 4) is 0 Å². The molecule has 0 heterocycles. The molecule has 0 radical (unpaired) electrons. The van der Waals surface area contributed by atoms with Crippen LogP contribution >= 0.6 is 15.9 Å². The summed E-state index contributed by atoms with van der Waals surface area (Å²) in [6.07, 6.45) is -0.0406. The highest BCUT2D eigenvalue weighted by atomic mass is 79.9. The van der Waals surface area contributed by atoms with Crippen LogP contribution in [0.15, 0.2) is 57.9 Å². The van der Waals surface area contributed by atoms with Gasteiger partial charge in [0.1, 0.15) is 5.82 Å². The van der Waals surface area contributed by atoms with Crippen LogP contribution in [-0.4, -0.2) is 20.9 Å². The van der Waals surface area contributed by atoms with Gasteiger partial charge in [-0.15, -0.1) is 0 Å². The Labute approximate surface area is 142 Å². The van der Waals surface area contributed by atoms with Crippen molar-refractivity contribution in [2.24, 2.45) is 0 Å². The van der Waals surface area contributed by atoms with E-state index in [2.05, 4.69) is 26.0 Å². The first-order chi connectivity index (χ1) is 10.9. The summed E-state index contributed by atoms with van der Waals surface area (Å²) in [4.78, 5) is 11.8. The average Bonchev–Trinajstić information content (AvgIpc) is 2.49. The largest absolute Gasteiger partial charge is 0.326 e. The number of amides is 1. The van der Waals surface area contributed by atoms with Crippen molar-refractivity contribution in [1.82, 2.24) is 4.72 Å². The van der Waals surface area contributed by atoms with Gasteiger partial charge in [0, 0.05) is 23.1 Å². The molecule has 0 spiro atoms. The van der Waals surface area contributed by atoms with E-state index in [1.807, 2.05) is 0 Å². The van der Waals surface area contributed by atoms with Gasteiger partial charge in [-0.05, 0) is 52.3 Å². The highest BCUT2D eigenvalue weighted by molar-refractivity contribution is 9.10. The highest BCUT2D eigenvalue weighted by Crippen LogP contribution is 2.20. The minimum atomic E-state index is -3.69. The van der Waals surface area contributed by atoms with E-state index in [1.54, 1.807) is 18.2 Å². The molecule has 2 rings (SSSR count). The van der Waals surface area contributed by atoms with Crippen molar-refractivity contribution in [3.63, 3.8) is 0 Å². The van der Waals surface area contributed by atoms with E-state index in [-0.39, 0.29) is 23.8 Å². The van der Waals surface area contributed by atoms with Gasteiger partial charge in [0.2, 0.25) is 15.9 Å². The molecule has 0 atom stereocenters. The summed E-state index contributed by atoms with van der Waals surface area (Å²) in [5.74, 6) is -0.768. The Bertz CT molecular complexity index is 795. The predicted octanol–water partition coefficient (Wildman–Crippen LogP) is 2.90. The quantitative estimate of drug-likeness (QED) is 0.782. The van der Waals surface area contributed by atoms with Crippen LogP contribution in [0.5, 0.6) is 0 Å². The Morgan fingerprint density at radius 3 is 2.39 bits per heavy atom. The molecule has 5 nitrogen and oxygen atoms in total. The van der Waals surface area contributed by atoms with E-state index in [1.165, 1.54) is 30.3 Å². The van der Waals surface area contributed by atoms with E-state index in [9.17, 15) is 17.6 Å². The number of sulfonamides is 1. The number of carbonyl (C=O) groups is 1. The topological polar surface area (TPSA) is 75.3 Å². The normalized spacial score (nSPS) is 11.2. The van der Waals surface area contributed by atoms with Crippen LogP contribution in [0.3, 0.4) is 0 Å². The van der Waals surface area contributed by atoms with Crippen molar-refractivity contribution >= 4 is 37.5 Å². The lowest BCUT2D eigenvalue weighted by atomic mass is 10.3. The number of rotatable bonds is 6. The van der Waals surface area contributed by atoms with E-state index in [0.29, 0.717) is 10.2 Å². The van der Waals surface area contributed by atoms with Crippen molar-refractivity contribution < 1.29 is 17.6 Å². The summed E-state index contributed by atoms with van der Waals surface area (Å²) in [5, 5.41) is 2.56. The number of hydrogen-bond donors (Lipinski definition) is 2. The van der Waals surface area contributed by atoms with Crippen molar-refractivity contribution in [1.29, 1.82) is 0 Å². The van der Waals surface area contributed by atoms with Crippen LogP contribution in [0.25, 0.3) is 0 Å². The molecule has 2 N–H and O–H groups in total. The van der Waals surface area contributed by atoms with E-state index < -0.39 is 15.8 Å². The zero-order chi connectivity index (χ0) is 16.9. The van der Waals surface area contributed by atoms with Crippen LogP contribution in [-0.2, 0) is 14.8 Å². The van der Waals surface area contributed by atoms with Gasteiger partial charge in [-0.1, -0.05) is 12.1 Å². The lowest BCUT2D eigenvalue weighted by molar-refractivity contribution is -0.116. The van der Waals surface area contributed by atoms with Gasteiger partial charge in [0.05, 0.1) is 4.90 Å². The lowest BCUT2D eigenvalue weighted by Crippen LogP contribution is -2.28. The van der Waals surface area contributed by atoms with Gasteiger partial charge in [0.25, 0.3) is 0 Å². The molecule has 122 valence electrons. The third-order valence-electron chi connectivity index (χ3n) is 2.90. The van der Waals surface area contributed by atoms with E-state index in [0.717, 1.165) is 0 Å². The summed E-state index contributed by atoms with van der Waals surface area (Å²) in [5.41, 5.74) is 0.449. The molecule has 0 aliphatic carbocycles. The maximum absolute atomic E-state index is 12.8. The molecule has 0 aliphatic rings. The molecule has 0 aliphatic heterocycles. The van der Waals surface area contributed by atoms with Crippen LogP contribution in [0.1, 0.15) is 6.42 Å². The molecule has 8 heteroatoms. The zero-order valence-electron chi connectivity index (χ0n) is 11.9. The standard InChI is InChI=1S/C15H14BrFN2O3S/c16-13-3-1-2-4-14(13)23(21,22)18-10-9-15(20)19-12-7-5-11(17)6-8-12/h1-8,18H,9-10H2,(H,19,20). The number of nitrogens with one attached hydrogen (secondary N) is 2. The number of carbonyl (C=O) groups excluding carboxylic acids is 1. The number of anilines is 1. The van der Waals surface area contributed by atoms with Crippen LogP contribution < -0.4 is 10.0 Å². The fourth-order valence-electron chi connectivity index (χ4n) is 1.80. The Morgan fingerprint density at radius 2 is 1.74 bits per heavy atom. The van der Waals surface area contributed by atoms with Gasteiger partial charge in [-0.2, -0.15) is 0 Å². The SMILES string of the molecule is O=C(CCNS(=O)(=O)c1ccccc1Br)Nc1ccc(F)cc1. The third-order valence-corrected chi connectivity index (χ3v) is 5.37. The van der Waals surface area contributed by atoms with Crippen molar-refractivity contribution in [3.05, 3.63) is 58.8 Å². The molecule has 0 fully saturated rings. The third kappa shape index (κ3) is 5.12. The summed E-state index contributed by atoms with van der Waals surface area (Å²) in [6.45, 7) is -0.0449. The predicted molar refractivity (Wildman–Crippen MR) is 89.0 cm³/mol. The Morgan fingerprint density at radius 1 is 1.09 bits per heavy atom. The second-order valence-electron chi connectivity index (χ2n) is 4.63. The molecular weight excluding hydrogens is 387 g/mol. The zero-order valence-corrected chi connectivity index (χ0v) is 14.3. The first kappa shape index (κ1) is 17.6. The van der Waals surface area contributed by atoms with Crippen LogP contribution in [0.2, 0.25) is 0 Å². The maximum Gasteiger partial charge on any atom is 0.241 e. The van der Waals surface area contributed by atoms with E-state index in [4.69, 9.17) is 0 Å². The maximum atomic E-state index is 12.8. The first-order valence-corrected chi connectivity index (χ1v) is 8.96. The lowest BCUT2D eigenvalue weighted by Gasteiger charge is -2.09. The van der Waals surface area contributed by atoms with Gasteiger partial charge in [0.15, 0.2) is 0 Å². The Kier molecular flexibility index (Phi) is 5.86. The molecule has 2 aromatic carbocycles. The van der Waals surface area contributed by atoms with E-state index >= 15 is 0 Å². The monoisotopic (exact) mass is 400 g/mol. The molecule has 0 bridgehead atoms. The highest BCUT2D eigenvalue weighted by Gasteiger charge is 2.16. The van der Waals surface area contributed by atoms with Gasteiger partial charge < -0.3 is 5.32 Å². The minimum Gasteiger partial charge on any atom is -0.326 e. The summed E-state index contributed by atoms with van der Waals surface area (Å²) in [6, 6.07) is 11.7. The first-order valence-electron chi connectivity index (χ1n) is 6.68. The number of halogens is 2. The van der Waals surface area contributed by atoms with Gasteiger partial charge in [-0.3, -0.25) is 4.79 Å². The summed E-state index contributed by atoms with van der Waals surface area (Å²) >= 11 is 3.17. The molecule has 0 unspecified atom stereocenters. The van der Waals surface area contributed by atoms with Gasteiger partial charge >= 0.3 is 0 Å². The fraction of sp³-hybridized carbons (Fsp3) is 0.133. The number of benzene rings is 2. The molecule has 1 amide bonds. The molecule has 0 aromatic heterocycles. The minimum absolute atomic E-state index is 0.0406. The summed E-state index contributed by atoms with van der Waals surface area (Å²) in [7, 11) is -3.69. The molecule has 0 saturated heterocycles. The summed E-state index contributed by atoms with van der Waals surface area (Å²) < 4.78 is 39.8. The van der Waals surface area contributed by atoms with Crippen molar-refractivity contribution in [2.45, 2.75) is 11.3 Å². The van der Waals surface area contributed by atoms with Crippen LogP contribution in [0, 0.1) is 5.82 Å². The molecular formula is C15H14BrFN2O3S. The van der Waals surface area contributed by atoms with Crippen LogP contribution in [0.4, 0.5) is 10.1 Å². The van der Waals surface area contributed by atoms with Crippen molar-refractivity contribution in [2.75, 3.05) is 11.9 Å². The average molecular weight is 401 g/mol. The fourth-order valence-corrected chi connectivity index (χ4v) is 3.83. The smallest absolute Gasteiger partial charge is 0.241 e.